The lowest BCUT2D eigenvalue weighted by Crippen LogP contribution is -2.30. The molecule has 0 aliphatic heterocycles. The SMILES string of the molecule is Cc1cc(C)n(CC(C)CNC(=O)c2cccc(F)c2)n1. The van der Waals surface area contributed by atoms with Gasteiger partial charge in [-0.1, -0.05) is 13.0 Å². The molecule has 0 bridgehead atoms. The smallest absolute Gasteiger partial charge is 0.251 e. The third-order valence-electron chi connectivity index (χ3n) is 3.29. The van der Waals surface area contributed by atoms with E-state index >= 15 is 0 Å². The molecule has 112 valence electrons. The average Bonchev–Trinajstić information content (AvgIpc) is 2.74. The van der Waals surface area contributed by atoms with Gasteiger partial charge in [0.15, 0.2) is 0 Å². The van der Waals surface area contributed by atoms with Crippen LogP contribution in [0.15, 0.2) is 30.3 Å². The van der Waals surface area contributed by atoms with E-state index in [4.69, 9.17) is 0 Å². The van der Waals surface area contributed by atoms with Crippen molar-refractivity contribution in [2.45, 2.75) is 27.3 Å². The summed E-state index contributed by atoms with van der Waals surface area (Å²) < 4.78 is 15.0. The van der Waals surface area contributed by atoms with Gasteiger partial charge in [0.05, 0.1) is 5.69 Å². The summed E-state index contributed by atoms with van der Waals surface area (Å²) in [6, 6.07) is 7.72. The molecule has 0 aliphatic rings. The lowest BCUT2D eigenvalue weighted by atomic mass is 10.1. The van der Waals surface area contributed by atoms with E-state index in [1.165, 1.54) is 18.2 Å². The number of amides is 1. The summed E-state index contributed by atoms with van der Waals surface area (Å²) in [5.74, 6) is -0.423. The Morgan fingerprint density at radius 1 is 1.38 bits per heavy atom. The molecule has 1 amide bonds. The molecule has 0 aliphatic carbocycles. The van der Waals surface area contributed by atoms with E-state index in [1.807, 2.05) is 31.5 Å². The first-order valence-electron chi connectivity index (χ1n) is 7.00. The van der Waals surface area contributed by atoms with Crippen molar-refractivity contribution in [3.8, 4) is 0 Å². The van der Waals surface area contributed by atoms with E-state index in [2.05, 4.69) is 10.4 Å². The summed E-state index contributed by atoms with van der Waals surface area (Å²) in [7, 11) is 0. The highest BCUT2D eigenvalue weighted by Crippen LogP contribution is 2.07. The van der Waals surface area contributed by atoms with Crippen molar-refractivity contribution in [1.29, 1.82) is 0 Å². The fourth-order valence-electron chi connectivity index (χ4n) is 2.22. The quantitative estimate of drug-likeness (QED) is 0.920. The second-order valence-corrected chi connectivity index (χ2v) is 5.43. The number of rotatable bonds is 5. The Labute approximate surface area is 124 Å². The molecule has 1 N–H and O–H groups in total. The van der Waals surface area contributed by atoms with Gasteiger partial charge in [0.2, 0.25) is 0 Å². The molecule has 4 nitrogen and oxygen atoms in total. The Morgan fingerprint density at radius 3 is 2.76 bits per heavy atom. The van der Waals surface area contributed by atoms with E-state index < -0.39 is 5.82 Å². The Bertz CT molecular complexity index is 636. The number of nitrogens with one attached hydrogen (secondary N) is 1. The summed E-state index contributed by atoms with van der Waals surface area (Å²) >= 11 is 0. The number of carbonyl (C=O) groups excluding carboxylic acids is 1. The molecule has 0 saturated carbocycles. The van der Waals surface area contributed by atoms with Crippen molar-refractivity contribution in [3.05, 3.63) is 53.1 Å². The van der Waals surface area contributed by atoms with Gasteiger partial charge in [-0.05, 0) is 44.0 Å². The first-order chi connectivity index (χ1) is 9.95. The van der Waals surface area contributed by atoms with Gasteiger partial charge in [-0.3, -0.25) is 9.48 Å². The minimum absolute atomic E-state index is 0.237. The van der Waals surface area contributed by atoms with Crippen LogP contribution in [0.4, 0.5) is 4.39 Å². The maximum atomic E-state index is 13.1. The Kier molecular flexibility index (Phi) is 4.73. The molecule has 2 aromatic rings. The average molecular weight is 289 g/mol. The van der Waals surface area contributed by atoms with E-state index in [0.29, 0.717) is 12.1 Å². The minimum atomic E-state index is -0.404. The summed E-state index contributed by atoms with van der Waals surface area (Å²) in [4.78, 5) is 11.9. The second-order valence-electron chi connectivity index (χ2n) is 5.43. The molecule has 1 unspecified atom stereocenters. The number of halogens is 1. The number of carbonyl (C=O) groups is 1. The Hall–Kier alpha value is -2.17. The lowest BCUT2D eigenvalue weighted by molar-refractivity contribution is 0.0946. The fourth-order valence-corrected chi connectivity index (χ4v) is 2.22. The monoisotopic (exact) mass is 289 g/mol. The van der Waals surface area contributed by atoms with Crippen LogP contribution in [0.2, 0.25) is 0 Å². The zero-order valence-corrected chi connectivity index (χ0v) is 12.6. The van der Waals surface area contributed by atoms with Crippen molar-refractivity contribution < 1.29 is 9.18 Å². The van der Waals surface area contributed by atoms with Crippen LogP contribution in [-0.2, 0) is 6.54 Å². The van der Waals surface area contributed by atoms with Crippen molar-refractivity contribution in [3.63, 3.8) is 0 Å². The van der Waals surface area contributed by atoms with Crippen LogP contribution in [0, 0.1) is 25.6 Å². The molecule has 0 saturated heterocycles. The molecule has 21 heavy (non-hydrogen) atoms. The second kappa shape index (κ2) is 6.52. The van der Waals surface area contributed by atoms with Crippen LogP contribution in [0.25, 0.3) is 0 Å². The number of hydrogen-bond acceptors (Lipinski definition) is 2. The molecule has 1 heterocycles. The largest absolute Gasteiger partial charge is 0.352 e. The van der Waals surface area contributed by atoms with Gasteiger partial charge < -0.3 is 5.32 Å². The topological polar surface area (TPSA) is 46.9 Å². The Morgan fingerprint density at radius 2 is 2.14 bits per heavy atom. The Balaban J connectivity index is 1.88. The summed E-state index contributed by atoms with van der Waals surface area (Å²) in [5.41, 5.74) is 2.44. The van der Waals surface area contributed by atoms with Crippen LogP contribution in [0.1, 0.15) is 28.7 Å². The number of benzene rings is 1. The van der Waals surface area contributed by atoms with Gasteiger partial charge in [-0.25, -0.2) is 4.39 Å². The van der Waals surface area contributed by atoms with E-state index in [9.17, 15) is 9.18 Å². The molecular formula is C16H20FN3O. The molecule has 2 rings (SSSR count). The normalized spacial score (nSPS) is 12.2. The molecule has 5 heteroatoms. The van der Waals surface area contributed by atoms with Crippen LogP contribution in [0.3, 0.4) is 0 Å². The van der Waals surface area contributed by atoms with Gasteiger partial charge in [-0.2, -0.15) is 5.10 Å². The maximum Gasteiger partial charge on any atom is 0.251 e. The molecule has 1 aromatic carbocycles. The molecular weight excluding hydrogens is 269 g/mol. The van der Waals surface area contributed by atoms with Crippen LogP contribution in [-0.4, -0.2) is 22.2 Å². The molecule has 1 aromatic heterocycles. The summed E-state index contributed by atoms with van der Waals surface area (Å²) in [6.45, 7) is 7.27. The van der Waals surface area contributed by atoms with Gasteiger partial charge in [0, 0.05) is 24.3 Å². The summed E-state index contributed by atoms with van der Waals surface area (Å²) in [6.07, 6.45) is 0. The van der Waals surface area contributed by atoms with Crippen LogP contribution < -0.4 is 5.32 Å². The minimum Gasteiger partial charge on any atom is -0.352 e. The summed E-state index contributed by atoms with van der Waals surface area (Å²) in [5, 5.41) is 7.23. The van der Waals surface area contributed by atoms with E-state index in [-0.39, 0.29) is 11.8 Å². The van der Waals surface area contributed by atoms with Crippen molar-refractivity contribution in [2.75, 3.05) is 6.54 Å². The zero-order chi connectivity index (χ0) is 15.4. The van der Waals surface area contributed by atoms with Crippen molar-refractivity contribution in [1.82, 2.24) is 15.1 Å². The molecule has 0 radical (unpaired) electrons. The van der Waals surface area contributed by atoms with Crippen LogP contribution in [0.5, 0.6) is 0 Å². The van der Waals surface area contributed by atoms with Gasteiger partial charge >= 0.3 is 0 Å². The number of aromatic nitrogens is 2. The maximum absolute atomic E-state index is 13.1. The van der Waals surface area contributed by atoms with Gasteiger partial charge in [0.1, 0.15) is 5.82 Å². The van der Waals surface area contributed by atoms with Crippen molar-refractivity contribution >= 4 is 5.91 Å². The number of aryl methyl sites for hydroxylation is 2. The third-order valence-corrected chi connectivity index (χ3v) is 3.29. The zero-order valence-electron chi connectivity index (χ0n) is 12.6. The van der Waals surface area contributed by atoms with Crippen molar-refractivity contribution in [2.24, 2.45) is 5.92 Å². The molecule has 0 spiro atoms. The predicted octanol–water partition coefficient (Wildman–Crippen LogP) is 2.71. The highest BCUT2D eigenvalue weighted by atomic mass is 19.1. The first kappa shape index (κ1) is 15.2. The number of hydrogen-bond donors (Lipinski definition) is 1. The van der Waals surface area contributed by atoms with E-state index in [1.54, 1.807) is 6.07 Å². The highest BCUT2D eigenvalue weighted by molar-refractivity contribution is 5.94. The molecule has 0 fully saturated rings. The highest BCUT2D eigenvalue weighted by Gasteiger charge is 2.10. The number of nitrogens with zero attached hydrogens (tertiary/aromatic N) is 2. The standard InChI is InChI=1S/C16H20FN3O/c1-11(10-20-13(3)7-12(2)19-20)9-18-16(21)14-5-4-6-15(17)8-14/h4-8,11H,9-10H2,1-3H3,(H,18,21). The lowest BCUT2D eigenvalue weighted by Gasteiger charge is -2.14. The van der Waals surface area contributed by atoms with Gasteiger partial charge in [-0.15, -0.1) is 0 Å². The predicted molar refractivity (Wildman–Crippen MR) is 79.6 cm³/mol. The molecule has 1 atom stereocenters. The fraction of sp³-hybridized carbons (Fsp3) is 0.375. The van der Waals surface area contributed by atoms with Gasteiger partial charge in [0.25, 0.3) is 5.91 Å². The third kappa shape index (κ3) is 4.15. The van der Waals surface area contributed by atoms with E-state index in [0.717, 1.165) is 17.9 Å². The first-order valence-corrected chi connectivity index (χ1v) is 7.00. The van der Waals surface area contributed by atoms with Crippen LogP contribution >= 0.6 is 0 Å².